The predicted octanol–water partition coefficient (Wildman–Crippen LogP) is 0.816. The molecule has 1 aromatic rings. The monoisotopic (exact) mass is 186 g/mol. The minimum absolute atomic E-state index is 0.0845. The van der Waals surface area contributed by atoms with Gasteiger partial charge in [0.2, 0.25) is 0 Å². The van der Waals surface area contributed by atoms with E-state index in [0.29, 0.717) is 0 Å². The van der Waals surface area contributed by atoms with Gasteiger partial charge in [-0.2, -0.15) is 5.06 Å². The minimum atomic E-state index is -1.01. The van der Waals surface area contributed by atoms with E-state index in [1.54, 1.807) is 0 Å². The Hall–Kier alpha value is -1.69. The predicted molar refractivity (Wildman–Crippen MR) is 42.0 cm³/mol. The van der Waals surface area contributed by atoms with Crippen LogP contribution in [0, 0.1) is 0 Å². The summed E-state index contributed by atoms with van der Waals surface area (Å²) in [6.07, 6.45) is 1.25. The van der Waals surface area contributed by atoms with Gasteiger partial charge in [0.1, 0.15) is 6.04 Å². The van der Waals surface area contributed by atoms with Gasteiger partial charge in [0, 0.05) is 6.07 Å². The Bertz CT molecular complexity index is 309. The van der Waals surface area contributed by atoms with Gasteiger partial charge in [-0.05, 0) is 6.92 Å². The molecule has 0 saturated heterocycles. The molecule has 0 aromatic carbocycles. The zero-order valence-corrected chi connectivity index (χ0v) is 6.97. The van der Waals surface area contributed by atoms with Gasteiger partial charge in [-0.3, -0.25) is 5.21 Å². The van der Waals surface area contributed by atoms with Crippen molar-refractivity contribution >= 4 is 6.03 Å². The standard InChI is InChI=1S/C7H10N2O4/c1-4(9(12)7(8)11)6-5(10)2-3-13-6/h2-4,10,12H,1H3,(H2,8,11). The molecule has 0 aliphatic heterocycles. The Balaban J connectivity index is 2.85. The summed E-state index contributed by atoms with van der Waals surface area (Å²) in [4.78, 5) is 10.5. The largest absolute Gasteiger partial charge is 0.504 e. The smallest absolute Gasteiger partial charge is 0.339 e. The lowest BCUT2D eigenvalue weighted by molar-refractivity contribution is -0.0767. The van der Waals surface area contributed by atoms with Crippen LogP contribution in [0.5, 0.6) is 5.75 Å². The van der Waals surface area contributed by atoms with Crippen molar-refractivity contribution in [2.24, 2.45) is 5.73 Å². The number of nitrogens with two attached hydrogens (primary N) is 1. The molecule has 0 radical (unpaired) electrons. The Kier molecular flexibility index (Phi) is 2.43. The third-order valence-electron chi connectivity index (χ3n) is 1.65. The Morgan fingerprint density at radius 1 is 1.77 bits per heavy atom. The Morgan fingerprint density at radius 2 is 2.38 bits per heavy atom. The molecular weight excluding hydrogens is 176 g/mol. The number of carbonyl (C=O) groups excluding carboxylic acids is 1. The molecule has 0 aliphatic carbocycles. The maximum absolute atomic E-state index is 10.5. The van der Waals surface area contributed by atoms with Gasteiger partial charge >= 0.3 is 6.03 Å². The van der Waals surface area contributed by atoms with E-state index in [1.165, 1.54) is 19.3 Å². The van der Waals surface area contributed by atoms with Gasteiger partial charge in [-0.15, -0.1) is 0 Å². The van der Waals surface area contributed by atoms with E-state index in [0.717, 1.165) is 0 Å². The molecule has 1 aromatic heterocycles. The highest BCUT2D eigenvalue weighted by Crippen LogP contribution is 2.27. The van der Waals surface area contributed by atoms with Crippen molar-refractivity contribution in [3.8, 4) is 5.75 Å². The third kappa shape index (κ3) is 1.73. The van der Waals surface area contributed by atoms with E-state index in [2.05, 4.69) is 0 Å². The topological polar surface area (TPSA) is 99.9 Å². The Labute approximate surface area is 74.1 Å². The van der Waals surface area contributed by atoms with Crippen molar-refractivity contribution in [3.05, 3.63) is 18.1 Å². The molecule has 0 aliphatic rings. The maximum atomic E-state index is 10.5. The fraction of sp³-hybridized carbons (Fsp3) is 0.286. The highest BCUT2D eigenvalue weighted by molar-refractivity contribution is 5.71. The lowest BCUT2D eigenvalue weighted by Crippen LogP contribution is -2.34. The summed E-state index contributed by atoms with van der Waals surface area (Å²) in [6, 6.07) is -0.517. The van der Waals surface area contributed by atoms with Crippen LogP contribution in [-0.4, -0.2) is 21.4 Å². The SMILES string of the molecule is CC(c1occc1O)N(O)C(N)=O. The number of hydroxylamine groups is 2. The Morgan fingerprint density at radius 3 is 2.77 bits per heavy atom. The number of primary amides is 1. The van der Waals surface area contributed by atoms with Gasteiger partial charge in [0.05, 0.1) is 6.26 Å². The molecule has 72 valence electrons. The van der Waals surface area contributed by atoms with Crippen molar-refractivity contribution in [1.82, 2.24) is 5.06 Å². The van der Waals surface area contributed by atoms with Crippen LogP contribution in [0.15, 0.2) is 16.7 Å². The van der Waals surface area contributed by atoms with Crippen molar-refractivity contribution < 1.29 is 19.5 Å². The molecule has 1 heterocycles. The van der Waals surface area contributed by atoms with Crippen molar-refractivity contribution in [2.45, 2.75) is 13.0 Å². The number of rotatable bonds is 2. The highest BCUT2D eigenvalue weighted by atomic mass is 16.5. The lowest BCUT2D eigenvalue weighted by atomic mass is 10.2. The van der Waals surface area contributed by atoms with Crippen molar-refractivity contribution in [1.29, 1.82) is 0 Å². The fourth-order valence-electron chi connectivity index (χ4n) is 0.929. The minimum Gasteiger partial charge on any atom is -0.504 e. The number of furan rings is 1. The molecule has 4 N–H and O–H groups in total. The molecular formula is C7H10N2O4. The van der Waals surface area contributed by atoms with Gasteiger partial charge in [-0.1, -0.05) is 0 Å². The van der Waals surface area contributed by atoms with Gasteiger partial charge in [0.25, 0.3) is 0 Å². The van der Waals surface area contributed by atoms with Gasteiger partial charge < -0.3 is 15.3 Å². The molecule has 13 heavy (non-hydrogen) atoms. The second-order valence-corrected chi connectivity index (χ2v) is 2.53. The lowest BCUT2D eigenvalue weighted by Gasteiger charge is -2.18. The van der Waals surface area contributed by atoms with Crippen LogP contribution < -0.4 is 5.73 Å². The highest BCUT2D eigenvalue weighted by Gasteiger charge is 2.22. The number of amides is 2. The summed E-state index contributed by atoms with van der Waals surface area (Å²) in [5, 5.41) is 18.5. The zero-order chi connectivity index (χ0) is 10.0. The molecule has 6 nitrogen and oxygen atoms in total. The number of aromatic hydroxyl groups is 1. The summed E-state index contributed by atoms with van der Waals surface area (Å²) in [5.41, 5.74) is 4.81. The molecule has 6 heteroatoms. The second-order valence-electron chi connectivity index (χ2n) is 2.53. The summed E-state index contributed by atoms with van der Waals surface area (Å²) in [7, 11) is 0. The molecule has 0 fully saturated rings. The summed E-state index contributed by atoms with van der Waals surface area (Å²) < 4.78 is 4.84. The first-order chi connectivity index (χ1) is 6.04. The molecule has 1 rings (SSSR count). The van der Waals surface area contributed by atoms with Crippen LogP contribution in [0.25, 0.3) is 0 Å². The fourth-order valence-corrected chi connectivity index (χ4v) is 0.929. The van der Waals surface area contributed by atoms with Crippen molar-refractivity contribution in [3.63, 3.8) is 0 Å². The van der Waals surface area contributed by atoms with Crippen LogP contribution in [-0.2, 0) is 0 Å². The van der Waals surface area contributed by atoms with Crippen LogP contribution >= 0.6 is 0 Å². The average molecular weight is 186 g/mol. The summed E-state index contributed by atoms with van der Waals surface area (Å²) >= 11 is 0. The summed E-state index contributed by atoms with van der Waals surface area (Å²) in [6.45, 7) is 1.46. The van der Waals surface area contributed by atoms with E-state index < -0.39 is 12.1 Å². The first-order valence-corrected chi connectivity index (χ1v) is 3.58. The van der Waals surface area contributed by atoms with Crippen LogP contribution in [0.3, 0.4) is 0 Å². The van der Waals surface area contributed by atoms with Gasteiger partial charge in [-0.25, -0.2) is 4.79 Å². The molecule has 1 atom stereocenters. The number of urea groups is 1. The van der Waals surface area contributed by atoms with E-state index in [-0.39, 0.29) is 16.6 Å². The number of hydrogen-bond donors (Lipinski definition) is 3. The van der Waals surface area contributed by atoms with Crippen LogP contribution in [0.4, 0.5) is 4.79 Å². The maximum Gasteiger partial charge on any atom is 0.339 e. The first-order valence-electron chi connectivity index (χ1n) is 3.58. The number of hydrogen-bond acceptors (Lipinski definition) is 4. The quantitative estimate of drug-likeness (QED) is 0.470. The van der Waals surface area contributed by atoms with Crippen LogP contribution in [0.2, 0.25) is 0 Å². The van der Waals surface area contributed by atoms with Crippen molar-refractivity contribution in [2.75, 3.05) is 0 Å². The number of nitrogens with zero attached hydrogens (tertiary/aromatic N) is 1. The van der Waals surface area contributed by atoms with Crippen LogP contribution in [0.1, 0.15) is 18.7 Å². The molecule has 1 unspecified atom stereocenters. The first kappa shape index (κ1) is 9.40. The molecule has 0 spiro atoms. The molecule has 0 bridgehead atoms. The van der Waals surface area contributed by atoms with E-state index in [4.69, 9.17) is 20.5 Å². The van der Waals surface area contributed by atoms with E-state index >= 15 is 0 Å². The molecule has 0 saturated carbocycles. The molecule has 2 amide bonds. The second kappa shape index (κ2) is 3.36. The third-order valence-corrected chi connectivity index (χ3v) is 1.65. The van der Waals surface area contributed by atoms with E-state index in [1.807, 2.05) is 0 Å². The normalized spacial score (nSPS) is 12.5. The zero-order valence-electron chi connectivity index (χ0n) is 6.97. The van der Waals surface area contributed by atoms with E-state index in [9.17, 15) is 4.79 Å². The average Bonchev–Trinajstić information content (AvgIpc) is 2.48. The summed E-state index contributed by atoms with van der Waals surface area (Å²) in [5.74, 6) is -0.0471. The number of carbonyl (C=O) groups is 1. The van der Waals surface area contributed by atoms with Gasteiger partial charge in [0.15, 0.2) is 11.5 Å².